The van der Waals surface area contributed by atoms with E-state index in [2.05, 4.69) is 16.9 Å². The number of likely N-dealkylation sites (tertiary alicyclic amines) is 1. The number of Topliss-reactive ketones (excluding diaryl/α,β-unsaturated/α-hetero) is 1. The number of pyridine rings is 1. The molecule has 0 radical (unpaired) electrons. The highest BCUT2D eigenvalue weighted by molar-refractivity contribution is 6.45. The molecular formula is C19H22N4O4. The molecule has 2 heterocycles. The lowest BCUT2D eigenvalue weighted by molar-refractivity contribution is -0.153. The van der Waals surface area contributed by atoms with Crippen LogP contribution >= 0.6 is 0 Å². The van der Waals surface area contributed by atoms with Crippen molar-refractivity contribution in [2.75, 3.05) is 18.5 Å². The smallest absolute Gasteiger partial charge is 0.329 e. The van der Waals surface area contributed by atoms with Crippen LogP contribution in [0.5, 0.6) is 0 Å². The topological polar surface area (TPSA) is 112 Å². The predicted octanol–water partition coefficient (Wildman–Crippen LogP) is 1.17. The third kappa shape index (κ3) is 3.89. The molecule has 3 atom stereocenters. The predicted molar refractivity (Wildman–Crippen MR) is 98.5 cm³/mol. The lowest BCUT2D eigenvalue weighted by Crippen LogP contribution is -2.46. The first-order valence-corrected chi connectivity index (χ1v) is 8.81. The van der Waals surface area contributed by atoms with Crippen LogP contribution in [0.15, 0.2) is 31.0 Å². The summed E-state index contributed by atoms with van der Waals surface area (Å²) in [7, 11) is 0. The Morgan fingerprint density at radius 2 is 2.22 bits per heavy atom. The lowest BCUT2D eigenvalue weighted by atomic mass is 10.1. The number of nitrogens with zero attached hydrogens (tertiary/aromatic N) is 2. The SMILES string of the molecule is C=CCOC(=O)C1CC2CC2N1C(=O)CNc1ncccc1C(=N)C(C)=O. The molecule has 3 rings (SSSR count). The summed E-state index contributed by atoms with van der Waals surface area (Å²) in [5.74, 6) is -0.378. The summed E-state index contributed by atoms with van der Waals surface area (Å²) >= 11 is 0. The summed E-state index contributed by atoms with van der Waals surface area (Å²) in [6.07, 6.45) is 4.54. The van der Waals surface area contributed by atoms with Crippen LogP contribution in [0.2, 0.25) is 0 Å². The fourth-order valence-corrected chi connectivity index (χ4v) is 3.45. The van der Waals surface area contributed by atoms with E-state index in [0.29, 0.717) is 23.7 Å². The highest BCUT2D eigenvalue weighted by atomic mass is 16.5. The maximum atomic E-state index is 12.7. The Hall–Kier alpha value is -3.03. The minimum Gasteiger partial charge on any atom is -0.460 e. The zero-order valence-electron chi connectivity index (χ0n) is 15.1. The molecule has 142 valence electrons. The van der Waals surface area contributed by atoms with Gasteiger partial charge < -0.3 is 15.0 Å². The molecule has 2 fully saturated rings. The summed E-state index contributed by atoms with van der Waals surface area (Å²) in [6.45, 7) is 4.87. The minimum atomic E-state index is -0.568. The van der Waals surface area contributed by atoms with Gasteiger partial charge in [-0.15, -0.1) is 0 Å². The number of fused-ring (bicyclic) bond motifs is 1. The van der Waals surface area contributed by atoms with Crippen molar-refractivity contribution in [1.29, 1.82) is 5.41 Å². The summed E-state index contributed by atoms with van der Waals surface area (Å²) < 4.78 is 5.11. The number of ether oxygens (including phenoxy) is 1. The Labute approximate surface area is 157 Å². The largest absolute Gasteiger partial charge is 0.460 e. The number of hydrogen-bond acceptors (Lipinski definition) is 7. The first-order valence-electron chi connectivity index (χ1n) is 8.81. The monoisotopic (exact) mass is 370 g/mol. The van der Waals surface area contributed by atoms with Gasteiger partial charge in [0.1, 0.15) is 24.2 Å². The third-order valence-electron chi connectivity index (χ3n) is 4.84. The molecule has 1 aliphatic carbocycles. The van der Waals surface area contributed by atoms with E-state index in [9.17, 15) is 14.4 Å². The van der Waals surface area contributed by atoms with Crippen LogP contribution in [-0.2, 0) is 19.1 Å². The Morgan fingerprint density at radius 3 is 2.93 bits per heavy atom. The van der Waals surface area contributed by atoms with E-state index in [-0.39, 0.29) is 36.6 Å². The zero-order chi connectivity index (χ0) is 19.6. The van der Waals surface area contributed by atoms with Gasteiger partial charge in [0.05, 0.1) is 6.54 Å². The molecule has 0 aromatic carbocycles. The Balaban J connectivity index is 1.67. The number of hydrogen-bond donors (Lipinski definition) is 2. The molecule has 0 bridgehead atoms. The third-order valence-corrected chi connectivity index (χ3v) is 4.84. The van der Waals surface area contributed by atoms with Crippen LogP contribution in [0, 0.1) is 11.3 Å². The van der Waals surface area contributed by atoms with Crippen molar-refractivity contribution < 1.29 is 19.1 Å². The second-order valence-corrected chi connectivity index (χ2v) is 6.72. The van der Waals surface area contributed by atoms with E-state index >= 15 is 0 Å². The summed E-state index contributed by atoms with van der Waals surface area (Å²) in [4.78, 5) is 42.2. The molecule has 1 aromatic rings. The van der Waals surface area contributed by atoms with Crippen molar-refractivity contribution in [3.8, 4) is 0 Å². The molecule has 1 saturated carbocycles. The lowest BCUT2D eigenvalue weighted by Gasteiger charge is -2.26. The minimum absolute atomic E-state index is 0.0797. The number of anilines is 1. The van der Waals surface area contributed by atoms with E-state index in [1.807, 2.05) is 0 Å². The van der Waals surface area contributed by atoms with Gasteiger partial charge >= 0.3 is 5.97 Å². The highest BCUT2D eigenvalue weighted by Crippen LogP contribution is 2.48. The Bertz CT molecular complexity index is 807. The molecule has 27 heavy (non-hydrogen) atoms. The maximum Gasteiger partial charge on any atom is 0.329 e. The van der Waals surface area contributed by atoms with Crippen molar-refractivity contribution >= 4 is 29.2 Å². The van der Waals surface area contributed by atoms with Crippen molar-refractivity contribution in [2.45, 2.75) is 31.8 Å². The number of rotatable bonds is 8. The van der Waals surface area contributed by atoms with Gasteiger partial charge in [0, 0.05) is 24.7 Å². The van der Waals surface area contributed by atoms with Crippen LogP contribution in [0.25, 0.3) is 0 Å². The molecule has 2 N–H and O–H groups in total. The van der Waals surface area contributed by atoms with E-state index < -0.39 is 12.0 Å². The van der Waals surface area contributed by atoms with Crippen molar-refractivity contribution in [2.24, 2.45) is 5.92 Å². The van der Waals surface area contributed by atoms with Gasteiger partial charge in [0.2, 0.25) is 5.91 Å². The van der Waals surface area contributed by atoms with Crippen LogP contribution in [0.1, 0.15) is 25.3 Å². The molecule has 2 aliphatic rings. The molecule has 0 spiro atoms. The molecule has 1 saturated heterocycles. The number of amides is 1. The fraction of sp³-hybridized carbons (Fsp3) is 0.421. The van der Waals surface area contributed by atoms with Gasteiger partial charge in [0.25, 0.3) is 0 Å². The Morgan fingerprint density at radius 1 is 1.44 bits per heavy atom. The van der Waals surface area contributed by atoms with Gasteiger partial charge in [-0.3, -0.25) is 15.0 Å². The fourth-order valence-electron chi connectivity index (χ4n) is 3.45. The number of esters is 1. The first kappa shape index (κ1) is 18.8. The summed E-state index contributed by atoms with van der Waals surface area (Å²) in [5, 5.41) is 10.8. The summed E-state index contributed by atoms with van der Waals surface area (Å²) in [5.41, 5.74) is 0.165. The number of carbonyl (C=O) groups excluding carboxylic acids is 3. The standard InChI is InChI=1S/C19H22N4O4/c1-3-7-27-19(26)15-9-12-8-14(12)23(15)16(25)10-22-18-13(5-4-6-21-18)17(20)11(2)24/h3-6,12,14-15,20H,1,7-10H2,2H3,(H,21,22). The molecule has 3 unspecified atom stereocenters. The van der Waals surface area contributed by atoms with Crippen LogP contribution in [0.3, 0.4) is 0 Å². The second-order valence-electron chi connectivity index (χ2n) is 6.72. The van der Waals surface area contributed by atoms with Crippen molar-refractivity contribution in [3.05, 3.63) is 36.5 Å². The Kier molecular flexibility index (Phi) is 5.34. The van der Waals surface area contributed by atoms with Crippen LogP contribution in [-0.4, -0.2) is 58.5 Å². The molecular weight excluding hydrogens is 348 g/mol. The summed E-state index contributed by atoms with van der Waals surface area (Å²) in [6, 6.07) is 2.74. The first-order chi connectivity index (χ1) is 12.9. The molecule has 8 heteroatoms. The molecule has 1 aliphatic heterocycles. The average molecular weight is 370 g/mol. The second kappa shape index (κ2) is 7.69. The van der Waals surface area contributed by atoms with E-state index in [1.54, 1.807) is 17.0 Å². The van der Waals surface area contributed by atoms with Crippen LogP contribution in [0.4, 0.5) is 5.82 Å². The zero-order valence-corrected chi connectivity index (χ0v) is 15.1. The highest BCUT2D eigenvalue weighted by Gasteiger charge is 2.56. The molecule has 1 amide bonds. The normalized spacial score (nSPS) is 22.6. The van der Waals surface area contributed by atoms with E-state index in [0.717, 1.165) is 6.42 Å². The van der Waals surface area contributed by atoms with Crippen molar-refractivity contribution in [3.63, 3.8) is 0 Å². The number of ketones is 1. The van der Waals surface area contributed by atoms with Gasteiger partial charge in [0.15, 0.2) is 5.78 Å². The van der Waals surface area contributed by atoms with Crippen molar-refractivity contribution in [1.82, 2.24) is 9.88 Å². The number of nitrogens with one attached hydrogen (secondary N) is 2. The van der Waals surface area contributed by atoms with Gasteiger partial charge in [-0.25, -0.2) is 9.78 Å². The number of aromatic nitrogens is 1. The van der Waals surface area contributed by atoms with Crippen LogP contribution < -0.4 is 5.32 Å². The van der Waals surface area contributed by atoms with Gasteiger partial charge in [-0.1, -0.05) is 12.7 Å². The average Bonchev–Trinajstić information content (AvgIpc) is 3.33. The maximum absolute atomic E-state index is 12.7. The van der Waals surface area contributed by atoms with E-state index in [1.165, 1.54) is 19.2 Å². The van der Waals surface area contributed by atoms with Gasteiger partial charge in [-0.05, 0) is 30.9 Å². The van der Waals surface area contributed by atoms with Gasteiger partial charge in [-0.2, -0.15) is 0 Å². The quantitative estimate of drug-likeness (QED) is 0.403. The van der Waals surface area contributed by atoms with E-state index in [4.69, 9.17) is 10.1 Å². The molecule has 8 nitrogen and oxygen atoms in total. The number of piperidine rings is 1. The molecule has 1 aromatic heterocycles. The number of carbonyl (C=O) groups is 3.